The van der Waals surface area contributed by atoms with Gasteiger partial charge < -0.3 is 30.2 Å². The monoisotopic (exact) mass is 450 g/mol. The van der Waals surface area contributed by atoms with E-state index in [1.165, 1.54) is 0 Å². The number of anilines is 1. The number of fused-ring (bicyclic) bond motifs is 1. The summed E-state index contributed by atoms with van der Waals surface area (Å²) in [6, 6.07) is 15.1. The molecule has 7 heteroatoms. The van der Waals surface area contributed by atoms with E-state index >= 15 is 0 Å². The van der Waals surface area contributed by atoms with Gasteiger partial charge in [0.2, 0.25) is 5.75 Å². The summed E-state index contributed by atoms with van der Waals surface area (Å²) in [5, 5.41) is 20.3. The molecule has 1 heterocycles. The van der Waals surface area contributed by atoms with Crippen molar-refractivity contribution in [3.63, 3.8) is 0 Å². The predicted octanol–water partition coefficient (Wildman–Crippen LogP) is 4.05. The highest BCUT2D eigenvalue weighted by Gasteiger charge is 2.30. The Bertz CT molecular complexity index is 1120. The van der Waals surface area contributed by atoms with E-state index in [2.05, 4.69) is 11.0 Å². The molecule has 0 aromatic heterocycles. The van der Waals surface area contributed by atoms with Crippen molar-refractivity contribution in [1.29, 1.82) is 0 Å². The van der Waals surface area contributed by atoms with E-state index in [0.717, 1.165) is 40.9 Å². The van der Waals surface area contributed by atoms with E-state index in [9.17, 15) is 10.2 Å². The quantitative estimate of drug-likeness (QED) is 0.369. The number of hydrogen-bond donors (Lipinski definition) is 3. The van der Waals surface area contributed by atoms with E-state index in [1.807, 2.05) is 30.3 Å². The first-order valence-corrected chi connectivity index (χ1v) is 10.9. The van der Waals surface area contributed by atoms with Crippen molar-refractivity contribution >= 4 is 5.69 Å². The molecule has 3 aromatic rings. The first kappa shape index (κ1) is 22.6. The number of aromatic hydroxyl groups is 2. The van der Waals surface area contributed by atoms with Gasteiger partial charge in [-0.25, -0.2) is 0 Å². The zero-order valence-electron chi connectivity index (χ0n) is 19.2. The average Bonchev–Trinajstić information content (AvgIpc) is 2.81. The number of nitrogens with zero attached hydrogens (tertiary/aromatic N) is 1. The van der Waals surface area contributed by atoms with Crippen molar-refractivity contribution in [2.75, 3.05) is 33.6 Å². The molecule has 0 saturated heterocycles. The number of ether oxygens (including phenoxy) is 3. The van der Waals surface area contributed by atoms with Gasteiger partial charge in [-0.1, -0.05) is 12.1 Å². The number of benzene rings is 3. The van der Waals surface area contributed by atoms with Crippen LogP contribution < -0.4 is 19.9 Å². The zero-order valence-corrected chi connectivity index (χ0v) is 19.2. The van der Waals surface area contributed by atoms with E-state index in [4.69, 9.17) is 19.9 Å². The molecule has 174 valence electrons. The maximum absolute atomic E-state index is 10.3. The fourth-order valence-electron chi connectivity index (χ4n) is 4.61. The number of hydrogen-bond acceptors (Lipinski definition) is 7. The molecule has 0 radical (unpaired) electrons. The van der Waals surface area contributed by atoms with Crippen LogP contribution >= 0.6 is 0 Å². The maximum Gasteiger partial charge on any atom is 0.203 e. The van der Waals surface area contributed by atoms with Crippen LogP contribution in [0.2, 0.25) is 0 Å². The fraction of sp³-hybridized carbons (Fsp3) is 0.308. The van der Waals surface area contributed by atoms with Crippen molar-refractivity contribution in [3.8, 4) is 28.7 Å². The third-order valence-electron chi connectivity index (χ3n) is 6.19. The van der Waals surface area contributed by atoms with E-state index in [0.29, 0.717) is 30.2 Å². The largest absolute Gasteiger partial charge is 0.504 e. The normalized spacial score (nSPS) is 15.7. The molecule has 1 aliphatic rings. The van der Waals surface area contributed by atoms with Crippen LogP contribution in [0.4, 0.5) is 5.69 Å². The molecule has 3 aromatic carbocycles. The maximum atomic E-state index is 10.3. The Morgan fingerprint density at radius 2 is 1.61 bits per heavy atom. The summed E-state index contributed by atoms with van der Waals surface area (Å²) in [5.74, 6) is 1.53. The molecule has 4 N–H and O–H groups in total. The van der Waals surface area contributed by atoms with Gasteiger partial charge in [0.05, 0.1) is 21.3 Å². The van der Waals surface area contributed by atoms with Gasteiger partial charge in [-0.3, -0.25) is 4.90 Å². The van der Waals surface area contributed by atoms with Crippen molar-refractivity contribution in [2.45, 2.75) is 25.4 Å². The zero-order chi connectivity index (χ0) is 23.5. The summed E-state index contributed by atoms with van der Waals surface area (Å²) in [7, 11) is 4.79. The lowest BCUT2D eigenvalue weighted by Crippen LogP contribution is -2.36. The van der Waals surface area contributed by atoms with Crippen molar-refractivity contribution in [2.24, 2.45) is 0 Å². The molecule has 0 bridgehead atoms. The molecule has 0 spiro atoms. The van der Waals surface area contributed by atoms with Gasteiger partial charge in [-0.2, -0.15) is 0 Å². The Labute approximate surface area is 193 Å². The summed E-state index contributed by atoms with van der Waals surface area (Å²) in [5.41, 5.74) is 10.9. The number of nitrogen functional groups attached to an aromatic ring is 1. The minimum atomic E-state index is -0.116. The van der Waals surface area contributed by atoms with Gasteiger partial charge in [0.25, 0.3) is 0 Å². The van der Waals surface area contributed by atoms with Gasteiger partial charge in [-0.05, 0) is 71.5 Å². The Hall–Kier alpha value is -3.58. The Balaban J connectivity index is 1.75. The highest BCUT2D eigenvalue weighted by molar-refractivity contribution is 5.55. The summed E-state index contributed by atoms with van der Waals surface area (Å²) < 4.78 is 16.6. The van der Waals surface area contributed by atoms with E-state index < -0.39 is 0 Å². The van der Waals surface area contributed by atoms with Crippen LogP contribution in [0.5, 0.6) is 28.7 Å². The van der Waals surface area contributed by atoms with Crippen LogP contribution in [0, 0.1) is 0 Å². The Kier molecular flexibility index (Phi) is 6.51. The molecule has 0 saturated carbocycles. The molecule has 33 heavy (non-hydrogen) atoms. The van der Waals surface area contributed by atoms with Crippen LogP contribution in [0.3, 0.4) is 0 Å². The van der Waals surface area contributed by atoms with Crippen molar-refractivity contribution < 1.29 is 24.4 Å². The van der Waals surface area contributed by atoms with Gasteiger partial charge in [0, 0.05) is 24.8 Å². The molecule has 1 aliphatic heterocycles. The second-order valence-corrected chi connectivity index (χ2v) is 8.26. The third-order valence-corrected chi connectivity index (χ3v) is 6.19. The van der Waals surface area contributed by atoms with Gasteiger partial charge in [-0.15, -0.1) is 0 Å². The van der Waals surface area contributed by atoms with Crippen molar-refractivity contribution in [3.05, 3.63) is 70.8 Å². The predicted molar refractivity (Wildman–Crippen MR) is 127 cm³/mol. The Morgan fingerprint density at radius 1 is 0.909 bits per heavy atom. The van der Waals surface area contributed by atoms with Gasteiger partial charge in [0.15, 0.2) is 23.0 Å². The summed E-state index contributed by atoms with van der Waals surface area (Å²) in [4.78, 5) is 2.37. The molecular weight excluding hydrogens is 420 g/mol. The molecule has 4 rings (SSSR count). The standard InChI is InChI=1S/C26H30N2O5/c1-31-24-11-17(12-25(32-2)26(24)33-3)10-21-20-14-23(30)22(29)13-18(20)7-8-28(21)15-16-5-4-6-19(27)9-16/h4-6,9,11-14,21,29-30H,7-8,10,15,27H2,1-3H3/t21-/m0/s1. The van der Waals surface area contributed by atoms with Crippen molar-refractivity contribution in [1.82, 2.24) is 4.90 Å². The topological polar surface area (TPSA) is 97.4 Å². The lowest BCUT2D eigenvalue weighted by atomic mass is 9.87. The van der Waals surface area contributed by atoms with Crippen LogP contribution in [0.25, 0.3) is 0 Å². The Morgan fingerprint density at radius 3 is 2.24 bits per heavy atom. The van der Waals surface area contributed by atoms with E-state index in [-0.39, 0.29) is 17.5 Å². The number of phenols is 2. The van der Waals surface area contributed by atoms with Crippen LogP contribution in [0.15, 0.2) is 48.5 Å². The smallest absolute Gasteiger partial charge is 0.203 e. The van der Waals surface area contributed by atoms with Crippen LogP contribution in [-0.4, -0.2) is 43.0 Å². The molecular formula is C26H30N2O5. The summed E-state index contributed by atoms with van der Waals surface area (Å²) in [6.07, 6.45) is 1.42. The van der Waals surface area contributed by atoms with Gasteiger partial charge in [0.1, 0.15) is 0 Å². The molecule has 1 atom stereocenters. The second kappa shape index (κ2) is 9.50. The minimum Gasteiger partial charge on any atom is -0.504 e. The van der Waals surface area contributed by atoms with Gasteiger partial charge >= 0.3 is 0 Å². The number of methoxy groups -OCH3 is 3. The van der Waals surface area contributed by atoms with Crippen LogP contribution in [0.1, 0.15) is 28.3 Å². The minimum absolute atomic E-state index is 0.0375. The number of phenolic OH excluding ortho intramolecular Hbond substituents is 2. The molecule has 0 unspecified atom stereocenters. The lowest BCUT2D eigenvalue weighted by Gasteiger charge is -2.38. The first-order chi connectivity index (χ1) is 15.9. The average molecular weight is 451 g/mol. The number of rotatable bonds is 7. The molecule has 7 nitrogen and oxygen atoms in total. The SMILES string of the molecule is COc1cc(C[C@H]2c3cc(O)c(O)cc3CCN2Cc2cccc(N)c2)cc(OC)c1OC. The summed E-state index contributed by atoms with van der Waals surface area (Å²) in [6.45, 7) is 1.52. The lowest BCUT2D eigenvalue weighted by molar-refractivity contribution is 0.174. The molecule has 0 amide bonds. The van der Waals surface area contributed by atoms with Crippen LogP contribution in [-0.2, 0) is 19.4 Å². The first-order valence-electron chi connectivity index (χ1n) is 10.9. The highest BCUT2D eigenvalue weighted by atomic mass is 16.5. The number of nitrogens with two attached hydrogens (primary N) is 1. The van der Waals surface area contributed by atoms with E-state index in [1.54, 1.807) is 33.5 Å². The third kappa shape index (κ3) is 4.64. The fourth-order valence-corrected chi connectivity index (χ4v) is 4.61. The molecule has 0 fully saturated rings. The highest BCUT2D eigenvalue weighted by Crippen LogP contribution is 2.42. The summed E-state index contributed by atoms with van der Waals surface area (Å²) >= 11 is 0. The molecule has 0 aliphatic carbocycles. The second-order valence-electron chi connectivity index (χ2n) is 8.26.